The molecule has 1 aromatic carbocycles. The quantitative estimate of drug-likeness (QED) is 0.859. The smallest absolute Gasteiger partial charge is 0.230 e. The van der Waals surface area contributed by atoms with E-state index in [1.807, 2.05) is 13.8 Å². The maximum absolute atomic E-state index is 12.1. The van der Waals surface area contributed by atoms with Gasteiger partial charge in [0.25, 0.3) is 0 Å². The van der Waals surface area contributed by atoms with Gasteiger partial charge in [-0.1, -0.05) is 38.1 Å². The molecule has 3 rings (SSSR count). The van der Waals surface area contributed by atoms with E-state index in [0.717, 1.165) is 11.5 Å². The summed E-state index contributed by atoms with van der Waals surface area (Å²) in [5.74, 6) is 0.608. The summed E-state index contributed by atoms with van der Waals surface area (Å²) in [6.45, 7) is 4.09. The van der Waals surface area contributed by atoms with Crippen molar-refractivity contribution in [1.29, 1.82) is 0 Å². The van der Waals surface area contributed by atoms with Crippen molar-refractivity contribution in [1.82, 2.24) is 5.32 Å². The number of amides is 2. The number of imide groups is 1. The third kappa shape index (κ3) is 2.49. The molecule has 1 heterocycles. The summed E-state index contributed by atoms with van der Waals surface area (Å²) in [7, 11) is 0. The van der Waals surface area contributed by atoms with Crippen molar-refractivity contribution >= 4 is 11.8 Å². The van der Waals surface area contributed by atoms with E-state index < -0.39 is 0 Å². The molecule has 2 atom stereocenters. The molecule has 0 aromatic heterocycles. The zero-order valence-corrected chi connectivity index (χ0v) is 12.1. The van der Waals surface area contributed by atoms with Crippen LogP contribution in [0, 0.1) is 11.8 Å². The molecule has 20 heavy (non-hydrogen) atoms. The van der Waals surface area contributed by atoms with E-state index in [4.69, 9.17) is 0 Å². The zero-order chi connectivity index (χ0) is 14.3. The van der Waals surface area contributed by atoms with Crippen molar-refractivity contribution in [2.45, 2.75) is 44.9 Å². The lowest BCUT2D eigenvalue weighted by Gasteiger charge is -2.33. The van der Waals surface area contributed by atoms with Crippen molar-refractivity contribution in [3.05, 3.63) is 35.4 Å². The molecule has 1 aromatic rings. The predicted octanol–water partition coefficient (Wildman–Crippen LogP) is 2.97. The minimum Gasteiger partial charge on any atom is -0.296 e. The Kier molecular flexibility index (Phi) is 3.36. The molecule has 2 aliphatic rings. The highest BCUT2D eigenvalue weighted by Gasteiger charge is 2.38. The van der Waals surface area contributed by atoms with Crippen LogP contribution in [-0.4, -0.2) is 11.8 Å². The van der Waals surface area contributed by atoms with Crippen molar-refractivity contribution in [3.63, 3.8) is 0 Å². The number of carbonyl (C=O) groups is 2. The lowest BCUT2D eigenvalue weighted by Crippen LogP contribution is -2.46. The van der Waals surface area contributed by atoms with Crippen LogP contribution in [-0.2, 0) is 9.59 Å². The molecule has 0 bridgehead atoms. The van der Waals surface area contributed by atoms with Crippen LogP contribution >= 0.6 is 0 Å². The molecule has 3 nitrogen and oxygen atoms in total. The van der Waals surface area contributed by atoms with Crippen LogP contribution in [0.25, 0.3) is 0 Å². The molecule has 2 unspecified atom stereocenters. The first-order valence-corrected chi connectivity index (χ1v) is 7.50. The van der Waals surface area contributed by atoms with E-state index in [2.05, 4.69) is 29.6 Å². The first-order chi connectivity index (χ1) is 9.56. The van der Waals surface area contributed by atoms with Gasteiger partial charge in [-0.05, 0) is 35.8 Å². The van der Waals surface area contributed by atoms with Crippen LogP contribution in [0.5, 0.6) is 0 Å². The fourth-order valence-electron chi connectivity index (χ4n) is 3.31. The van der Waals surface area contributed by atoms with Gasteiger partial charge in [-0.2, -0.15) is 0 Å². The van der Waals surface area contributed by atoms with Gasteiger partial charge in [-0.15, -0.1) is 0 Å². The van der Waals surface area contributed by atoms with Crippen molar-refractivity contribution < 1.29 is 9.59 Å². The summed E-state index contributed by atoms with van der Waals surface area (Å²) >= 11 is 0. The zero-order valence-electron chi connectivity index (χ0n) is 12.1. The van der Waals surface area contributed by atoms with E-state index in [1.165, 1.54) is 18.4 Å². The largest absolute Gasteiger partial charge is 0.296 e. The van der Waals surface area contributed by atoms with E-state index in [1.54, 1.807) is 0 Å². The van der Waals surface area contributed by atoms with Gasteiger partial charge >= 0.3 is 0 Å². The van der Waals surface area contributed by atoms with Gasteiger partial charge in [-0.3, -0.25) is 14.9 Å². The molecule has 0 radical (unpaired) electrons. The average molecular weight is 271 g/mol. The topological polar surface area (TPSA) is 46.2 Å². The molecule has 1 N–H and O–H groups in total. The third-order valence-corrected chi connectivity index (χ3v) is 4.54. The molecule has 1 aliphatic carbocycles. The van der Waals surface area contributed by atoms with E-state index in [0.29, 0.717) is 6.42 Å². The van der Waals surface area contributed by atoms with Crippen LogP contribution in [0.2, 0.25) is 0 Å². The Morgan fingerprint density at radius 2 is 1.65 bits per heavy atom. The number of hydrogen-bond acceptors (Lipinski definition) is 2. The number of carbonyl (C=O) groups excluding carboxylic acids is 2. The van der Waals surface area contributed by atoms with Gasteiger partial charge in [0.2, 0.25) is 11.8 Å². The predicted molar refractivity (Wildman–Crippen MR) is 77.3 cm³/mol. The van der Waals surface area contributed by atoms with Gasteiger partial charge in [0.15, 0.2) is 0 Å². The molecule has 2 amide bonds. The molecule has 106 valence electrons. The summed E-state index contributed by atoms with van der Waals surface area (Å²) in [5.41, 5.74) is 2.51. The van der Waals surface area contributed by atoms with E-state index >= 15 is 0 Å². The number of nitrogens with one attached hydrogen (secondary N) is 1. The number of piperidine rings is 1. The van der Waals surface area contributed by atoms with Gasteiger partial charge in [0.05, 0.1) is 0 Å². The summed E-state index contributed by atoms with van der Waals surface area (Å²) in [4.78, 5) is 23.8. The van der Waals surface area contributed by atoms with Crippen LogP contribution in [0.4, 0.5) is 0 Å². The minimum absolute atomic E-state index is 0.0181. The summed E-state index contributed by atoms with van der Waals surface area (Å²) in [6.07, 6.45) is 2.99. The molecule has 3 heteroatoms. The average Bonchev–Trinajstić information content (AvgIpc) is 3.21. The maximum Gasteiger partial charge on any atom is 0.230 e. The van der Waals surface area contributed by atoms with Crippen LogP contribution < -0.4 is 5.32 Å². The standard InChI is InChI=1S/C17H21NO2/c1-10(2)16-14(9-15(19)18-17(16)20)13-7-5-12(6-8-13)11-3-4-11/h5-8,10-11,14,16H,3-4,9H2,1-2H3,(H,18,19,20). The summed E-state index contributed by atoms with van der Waals surface area (Å²) in [6, 6.07) is 8.56. The van der Waals surface area contributed by atoms with Gasteiger partial charge in [0, 0.05) is 18.3 Å². The minimum atomic E-state index is -0.150. The molecule has 1 aliphatic heterocycles. The van der Waals surface area contributed by atoms with Gasteiger partial charge in [-0.25, -0.2) is 0 Å². The van der Waals surface area contributed by atoms with Crippen LogP contribution in [0.15, 0.2) is 24.3 Å². The first-order valence-electron chi connectivity index (χ1n) is 7.50. The maximum atomic E-state index is 12.1. The number of rotatable bonds is 3. The van der Waals surface area contributed by atoms with Crippen molar-refractivity contribution in [3.8, 4) is 0 Å². The lowest BCUT2D eigenvalue weighted by atomic mass is 9.74. The molecular formula is C17H21NO2. The van der Waals surface area contributed by atoms with E-state index in [9.17, 15) is 9.59 Å². The molecular weight excluding hydrogens is 250 g/mol. The monoisotopic (exact) mass is 271 g/mol. The van der Waals surface area contributed by atoms with E-state index in [-0.39, 0.29) is 29.6 Å². The number of hydrogen-bond donors (Lipinski definition) is 1. The highest BCUT2D eigenvalue weighted by atomic mass is 16.2. The van der Waals surface area contributed by atoms with Gasteiger partial charge in [0.1, 0.15) is 0 Å². The second-order valence-corrected chi connectivity index (χ2v) is 6.43. The van der Waals surface area contributed by atoms with Gasteiger partial charge < -0.3 is 0 Å². The fraction of sp³-hybridized carbons (Fsp3) is 0.529. The Labute approximate surface area is 119 Å². The first kappa shape index (κ1) is 13.3. The fourth-order valence-corrected chi connectivity index (χ4v) is 3.31. The van der Waals surface area contributed by atoms with Crippen LogP contribution in [0.1, 0.15) is 56.1 Å². The highest BCUT2D eigenvalue weighted by molar-refractivity contribution is 6.00. The molecule has 0 spiro atoms. The Morgan fingerprint density at radius 3 is 2.20 bits per heavy atom. The third-order valence-electron chi connectivity index (χ3n) is 4.54. The molecule has 1 saturated carbocycles. The highest BCUT2D eigenvalue weighted by Crippen LogP contribution is 2.41. The SMILES string of the molecule is CC(C)C1C(=O)NC(=O)CC1c1ccc(C2CC2)cc1. The summed E-state index contributed by atoms with van der Waals surface area (Å²) in [5, 5.41) is 2.47. The second-order valence-electron chi connectivity index (χ2n) is 6.43. The summed E-state index contributed by atoms with van der Waals surface area (Å²) < 4.78 is 0. The molecule has 2 fully saturated rings. The van der Waals surface area contributed by atoms with Crippen molar-refractivity contribution in [2.75, 3.05) is 0 Å². The Morgan fingerprint density at radius 1 is 1.05 bits per heavy atom. The normalized spacial score (nSPS) is 26.8. The Bertz CT molecular complexity index is 528. The lowest BCUT2D eigenvalue weighted by molar-refractivity contribution is -0.138. The van der Waals surface area contributed by atoms with Crippen molar-refractivity contribution in [2.24, 2.45) is 11.8 Å². The second kappa shape index (κ2) is 5.04. The number of benzene rings is 1. The Hall–Kier alpha value is -1.64. The van der Waals surface area contributed by atoms with Crippen LogP contribution in [0.3, 0.4) is 0 Å². The molecule has 1 saturated heterocycles. The Balaban J connectivity index is 1.87.